The van der Waals surface area contributed by atoms with Crippen molar-refractivity contribution in [3.63, 3.8) is 0 Å². The summed E-state index contributed by atoms with van der Waals surface area (Å²) in [5.41, 5.74) is 4.73. The molecule has 2 aromatic heterocycles. The van der Waals surface area contributed by atoms with Crippen molar-refractivity contribution in [2.24, 2.45) is 5.92 Å². The highest BCUT2D eigenvalue weighted by Gasteiger charge is 2.47. The molecule has 45 heavy (non-hydrogen) atoms. The Morgan fingerprint density at radius 1 is 1.04 bits per heavy atom. The topological polar surface area (TPSA) is 97.9 Å². The van der Waals surface area contributed by atoms with Crippen LogP contribution in [-0.4, -0.2) is 52.1 Å². The molecule has 234 valence electrons. The number of carboxylic acids is 1. The lowest BCUT2D eigenvalue weighted by Crippen LogP contribution is -2.38. The molecular formula is C34H33Cl2N3O5S. The Morgan fingerprint density at radius 2 is 1.82 bits per heavy atom. The van der Waals surface area contributed by atoms with Crippen molar-refractivity contribution >= 4 is 55.9 Å². The normalized spacial score (nSPS) is 28.9. The van der Waals surface area contributed by atoms with Crippen LogP contribution in [0.15, 0.2) is 34.9 Å². The lowest BCUT2D eigenvalue weighted by atomic mass is 9.87. The summed E-state index contributed by atoms with van der Waals surface area (Å²) in [6.45, 7) is 1.29. The summed E-state index contributed by atoms with van der Waals surface area (Å²) in [5.74, 6) is 1.06. The van der Waals surface area contributed by atoms with Crippen molar-refractivity contribution in [1.29, 1.82) is 0 Å². The van der Waals surface area contributed by atoms with Gasteiger partial charge in [-0.05, 0) is 87.1 Å². The fourth-order valence-corrected chi connectivity index (χ4v) is 9.99. The SMILES string of the molecule is O=C(O)c1cc(C2C[C@H]3CC[C@@H](C2)O3)c2nc(N3C[C@@H]4C[C@H]3C[C@H]4OCc3c(-c4c(Cl)cccc4Cl)noc3C3CC3)sc2c1. The van der Waals surface area contributed by atoms with Gasteiger partial charge in [0.25, 0.3) is 0 Å². The van der Waals surface area contributed by atoms with Gasteiger partial charge in [0.15, 0.2) is 5.13 Å². The van der Waals surface area contributed by atoms with E-state index in [1.807, 2.05) is 24.3 Å². The second kappa shape index (κ2) is 10.9. The third-order valence-corrected chi connectivity index (χ3v) is 12.3. The van der Waals surface area contributed by atoms with Gasteiger partial charge in [-0.15, -0.1) is 0 Å². The Hall–Kier alpha value is -2.69. The van der Waals surface area contributed by atoms with Crippen molar-refractivity contribution in [2.75, 3.05) is 11.4 Å². The minimum atomic E-state index is -0.888. The Bertz CT molecular complexity index is 1790. The zero-order valence-electron chi connectivity index (χ0n) is 24.6. The molecule has 5 fully saturated rings. The van der Waals surface area contributed by atoms with Crippen molar-refractivity contribution in [3.8, 4) is 11.3 Å². The average molecular weight is 667 g/mol. The summed E-state index contributed by atoms with van der Waals surface area (Å²) < 4.78 is 19.6. The predicted molar refractivity (Wildman–Crippen MR) is 173 cm³/mol. The lowest BCUT2D eigenvalue weighted by Gasteiger charge is -2.31. The van der Waals surface area contributed by atoms with Crippen molar-refractivity contribution in [2.45, 2.75) is 94.2 Å². The smallest absolute Gasteiger partial charge is 0.335 e. The molecule has 1 N–H and O–H groups in total. The quantitative estimate of drug-likeness (QED) is 0.200. The molecule has 0 amide bonds. The summed E-state index contributed by atoms with van der Waals surface area (Å²) in [6.07, 6.45) is 8.91. The number of aromatic nitrogens is 2. The molecular weight excluding hydrogens is 633 g/mol. The summed E-state index contributed by atoms with van der Waals surface area (Å²) in [5, 5.41) is 16.4. The van der Waals surface area contributed by atoms with E-state index in [0.717, 1.165) is 90.1 Å². The first kappa shape index (κ1) is 28.5. The van der Waals surface area contributed by atoms with E-state index in [-0.39, 0.29) is 24.2 Å². The van der Waals surface area contributed by atoms with Gasteiger partial charge in [-0.2, -0.15) is 0 Å². The van der Waals surface area contributed by atoms with Crippen LogP contribution in [0.3, 0.4) is 0 Å². The maximum atomic E-state index is 12.1. The number of aromatic carboxylic acids is 1. The van der Waals surface area contributed by atoms with Gasteiger partial charge in [-0.1, -0.05) is 45.8 Å². The second-order valence-electron chi connectivity index (χ2n) is 13.5. The van der Waals surface area contributed by atoms with Crippen LogP contribution in [0.25, 0.3) is 21.5 Å². The van der Waals surface area contributed by atoms with Crippen LogP contribution in [0, 0.1) is 5.92 Å². The first-order valence-corrected chi connectivity index (χ1v) is 17.6. The number of fused-ring (bicyclic) bond motifs is 5. The number of piperidine rings is 1. The van der Waals surface area contributed by atoms with Gasteiger partial charge in [0, 0.05) is 35.5 Å². The molecule has 0 radical (unpaired) electrons. The monoisotopic (exact) mass is 665 g/mol. The number of carboxylic acid groups (broad SMARTS) is 1. The van der Waals surface area contributed by atoms with Crippen molar-refractivity contribution in [3.05, 3.63) is 62.8 Å². The number of hydrogen-bond donors (Lipinski definition) is 1. The van der Waals surface area contributed by atoms with Gasteiger partial charge in [0.05, 0.1) is 50.7 Å². The van der Waals surface area contributed by atoms with Crippen molar-refractivity contribution in [1.82, 2.24) is 10.1 Å². The fourth-order valence-electron chi connectivity index (χ4n) is 8.30. The van der Waals surface area contributed by atoms with E-state index in [0.29, 0.717) is 51.4 Å². The van der Waals surface area contributed by atoms with Crippen LogP contribution >= 0.6 is 34.5 Å². The zero-order valence-corrected chi connectivity index (χ0v) is 26.9. The minimum Gasteiger partial charge on any atom is -0.478 e. The molecule has 9 rings (SSSR count). The number of rotatable bonds is 8. The second-order valence-corrected chi connectivity index (χ2v) is 15.3. The van der Waals surface area contributed by atoms with E-state index in [1.54, 1.807) is 17.4 Å². The number of carbonyl (C=O) groups is 1. The molecule has 0 spiro atoms. The van der Waals surface area contributed by atoms with Crippen LogP contribution in [0.5, 0.6) is 0 Å². The Morgan fingerprint density at radius 3 is 2.51 bits per heavy atom. The maximum absolute atomic E-state index is 12.1. The van der Waals surface area contributed by atoms with E-state index in [4.69, 9.17) is 42.2 Å². The van der Waals surface area contributed by atoms with E-state index >= 15 is 0 Å². The van der Waals surface area contributed by atoms with Crippen LogP contribution in [0.2, 0.25) is 10.0 Å². The van der Waals surface area contributed by atoms with Gasteiger partial charge < -0.3 is 24.0 Å². The summed E-state index contributed by atoms with van der Waals surface area (Å²) in [7, 11) is 0. The molecule has 2 aliphatic carbocycles. The lowest BCUT2D eigenvalue weighted by molar-refractivity contribution is -0.00361. The molecule has 5 aliphatic rings. The number of thiazole rings is 1. The molecule has 4 aromatic rings. The zero-order chi connectivity index (χ0) is 30.4. The fraction of sp³-hybridized carbons (Fsp3) is 0.500. The predicted octanol–water partition coefficient (Wildman–Crippen LogP) is 8.44. The van der Waals surface area contributed by atoms with Crippen molar-refractivity contribution < 1.29 is 23.9 Å². The van der Waals surface area contributed by atoms with Gasteiger partial charge in [0.1, 0.15) is 11.5 Å². The molecule has 2 saturated carbocycles. The molecule has 2 aromatic carbocycles. The Balaban J connectivity index is 0.947. The molecule has 8 nitrogen and oxygen atoms in total. The third kappa shape index (κ3) is 4.97. The van der Waals surface area contributed by atoms with Crippen LogP contribution in [0.1, 0.15) is 90.4 Å². The average Bonchev–Trinajstić information content (AvgIpc) is 3.39. The number of nitrogens with zero attached hydrogens (tertiary/aromatic N) is 3. The Kier molecular flexibility index (Phi) is 6.94. The standard InChI is InChI=1S/C34H33Cl2N3O5S/c35-25-2-1-3-26(36)29(25)31-24(32(44-38-31)16-4-5-16)15-42-27-13-20-8-19(27)14-39(20)34-37-30-23(11-18(33(40)41)12-28(30)45-34)17-9-21-6-7-22(10-17)43-21/h1-3,11-12,16-17,19-22,27H,4-10,13-15H2,(H,40,41)/t17?,19-,20-,21-,22+,27+/m0/s1. The molecule has 4 bridgehead atoms. The van der Waals surface area contributed by atoms with E-state index < -0.39 is 5.97 Å². The van der Waals surface area contributed by atoms with E-state index in [1.165, 1.54) is 0 Å². The van der Waals surface area contributed by atoms with Crippen LogP contribution < -0.4 is 4.90 Å². The molecule has 11 heteroatoms. The summed E-state index contributed by atoms with van der Waals surface area (Å²) in [4.78, 5) is 19.7. The molecule has 1 unspecified atom stereocenters. The Labute approximate surface area is 274 Å². The first-order chi connectivity index (χ1) is 21.9. The third-order valence-electron chi connectivity index (χ3n) is 10.6. The van der Waals surface area contributed by atoms with Gasteiger partial charge in [0.2, 0.25) is 0 Å². The highest BCUT2D eigenvalue weighted by Crippen LogP contribution is 2.49. The van der Waals surface area contributed by atoms with Crippen LogP contribution in [0.4, 0.5) is 5.13 Å². The number of benzene rings is 2. The van der Waals surface area contributed by atoms with Gasteiger partial charge in [-0.3, -0.25) is 0 Å². The highest BCUT2D eigenvalue weighted by molar-refractivity contribution is 7.22. The number of ether oxygens (including phenoxy) is 2. The largest absolute Gasteiger partial charge is 0.478 e. The first-order valence-electron chi connectivity index (χ1n) is 16.0. The highest BCUT2D eigenvalue weighted by atomic mass is 35.5. The van der Waals surface area contributed by atoms with Gasteiger partial charge in [-0.25, -0.2) is 9.78 Å². The summed E-state index contributed by atoms with van der Waals surface area (Å²) in [6, 6.07) is 9.49. The van der Waals surface area contributed by atoms with E-state index in [9.17, 15) is 9.90 Å². The molecule has 3 aliphatic heterocycles. The van der Waals surface area contributed by atoms with E-state index in [2.05, 4.69) is 10.1 Å². The number of anilines is 1. The molecule has 6 atom stereocenters. The number of hydrogen-bond acceptors (Lipinski definition) is 8. The maximum Gasteiger partial charge on any atom is 0.335 e. The molecule has 5 heterocycles. The molecule has 3 saturated heterocycles. The number of halogens is 2. The van der Waals surface area contributed by atoms with Gasteiger partial charge >= 0.3 is 5.97 Å². The minimum absolute atomic E-state index is 0.129. The summed E-state index contributed by atoms with van der Waals surface area (Å²) >= 11 is 14.7. The van der Waals surface area contributed by atoms with Crippen LogP contribution in [-0.2, 0) is 16.1 Å².